The normalized spacial score (nSPS) is 14.4. The van der Waals surface area contributed by atoms with Gasteiger partial charge in [0.15, 0.2) is 11.6 Å². The van der Waals surface area contributed by atoms with Crippen LogP contribution in [0.3, 0.4) is 0 Å². The minimum Gasteiger partial charge on any atom is -0.355 e. The molecule has 1 aromatic carbocycles. The molecule has 13 heteroatoms. The number of carbonyl (C=O) groups excluding carboxylic acids is 2. The number of fused-ring (bicyclic) bond motifs is 1. The molecule has 0 radical (unpaired) electrons. The van der Waals surface area contributed by atoms with Crippen molar-refractivity contribution in [1.29, 1.82) is 0 Å². The first kappa shape index (κ1) is 24.7. The Morgan fingerprint density at radius 2 is 2.05 bits per heavy atom. The highest BCUT2D eigenvalue weighted by Crippen LogP contribution is 2.28. The molecule has 192 valence electrons. The van der Waals surface area contributed by atoms with Gasteiger partial charge >= 0.3 is 0 Å². The lowest BCUT2D eigenvalue weighted by molar-refractivity contribution is -0.120. The Morgan fingerprint density at radius 1 is 1.19 bits per heavy atom. The van der Waals surface area contributed by atoms with Crippen LogP contribution < -0.4 is 21.3 Å². The van der Waals surface area contributed by atoms with Crippen molar-refractivity contribution >= 4 is 46.4 Å². The summed E-state index contributed by atoms with van der Waals surface area (Å²) in [6, 6.07) is 13.3. The zero-order valence-electron chi connectivity index (χ0n) is 20.3. The molecule has 1 aliphatic rings. The fourth-order valence-corrected chi connectivity index (χ4v) is 4.62. The number of hydrogen-bond acceptors (Lipinski definition) is 9. The van der Waals surface area contributed by atoms with Gasteiger partial charge in [-0.25, -0.2) is 9.50 Å². The van der Waals surface area contributed by atoms with E-state index in [4.69, 9.17) is 0 Å². The Kier molecular flexibility index (Phi) is 7.63. The van der Waals surface area contributed by atoms with Crippen LogP contribution in [0.2, 0.25) is 0 Å². The number of aryl methyl sites for hydroxylation is 1. The highest BCUT2D eigenvalue weighted by Gasteiger charge is 2.14. The molecule has 1 saturated heterocycles. The number of nitrogens with zero attached hydrogens (tertiary/aromatic N) is 5. The van der Waals surface area contributed by atoms with Crippen LogP contribution in [0, 0.1) is 6.92 Å². The van der Waals surface area contributed by atoms with Crippen molar-refractivity contribution in [2.75, 3.05) is 43.5 Å². The van der Waals surface area contributed by atoms with Gasteiger partial charge in [0.1, 0.15) is 5.52 Å². The molecular weight excluding hydrogens is 492 g/mol. The number of carbonyl (C=O) groups is 2. The standard InChI is InChI=1S/C24H28N10O2S/c1-16-13-20(31-30-16)28-23-19-3-2-10-34(19)32-24(29-23)37-18-6-4-17(5-7-18)27-22(36)14-25-15-33-11-8-21(35)26-9-12-33/h2-7,10,13,25H,8-9,11-12,14-15H2,1H3,(H,26,35)(H,27,36)(H2,28,29,30,31,32). The number of aromatic amines is 1. The van der Waals surface area contributed by atoms with E-state index in [2.05, 4.69) is 46.4 Å². The number of benzene rings is 1. The molecule has 3 aromatic heterocycles. The summed E-state index contributed by atoms with van der Waals surface area (Å²) in [5.41, 5.74) is 2.50. The quantitative estimate of drug-likeness (QED) is 0.224. The van der Waals surface area contributed by atoms with Crippen molar-refractivity contribution in [3.63, 3.8) is 0 Å². The zero-order chi connectivity index (χ0) is 25.6. The van der Waals surface area contributed by atoms with Gasteiger partial charge in [0.25, 0.3) is 0 Å². The topological polar surface area (TPSA) is 144 Å². The number of amides is 2. The van der Waals surface area contributed by atoms with E-state index in [0.29, 0.717) is 48.7 Å². The van der Waals surface area contributed by atoms with Gasteiger partial charge in [-0.3, -0.25) is 24.9 Å². The van der Waals surface area contributed by atoms with Crippen molar-refractivity contribution in [3.8, 4) is 0 Å². The SMILES string of the molecule is Cc1cc(Nc2nc(Sc3ccc(NC(=O)CNCN4CCNC(=O)CC4)cc3)nn3cccc23)n[nH]1. The molecule has 5 N–H and O–H groups in total. The molecule has 1 aliphatic heterocycles. The molecule has 2 amide bonds. The van der Waals surface area contributed by atoms with Crippen LogP contribution in [-0.4, -0.2) is 74.4 Å². The van der Waals surface area contributed by atoms with Crippen molar-refractivity contribution < 1.29 is 9.59 Å². The van der Waals surface area contributed by atoms with E-state index < -0.39 is 0 Å². The Balaban J connectivity index is 1.15. The lowest BCUT2D eigenvalue weighted by Crippen LogP contribution is -2.39. The van der Waals surface area contributed by atoms with E-state index >= 15 is 0 Å². The first-order valence-corrected chi connectivity index (χ1v) is 12.8. The van der Waals surface area contributed by atoms with Gasteiger partial charge in [-0.1, -0.05) is 0 Å². The maximum absolute atomic E-state index is 12.3. The summed E-state index contributed by atoms with van der Waals surface area (Å²) in [4.78, 5) is 31.5. The molecule has 1 fully saturated rings. The summed E-state index contributed by atoms with van der Waals surface area (Å²) in [6.45, 7) is 4.75. The van der Waals surface area contributed by atoms with Gasteiger partial charge in [-0.15, -0.1) is 5.10 Å². The predicted molar refractivity (Wildman–Crippen MR) is 141 cm³/mol. The van der Waals surface area contributed by atoms with Crippen LogP contribution in [0.5, 0.6) is 0 Å². The second-order valence-corrected chi connectivity index (χ2v) is 9.66. The van der Waals surface area contributed by atoms with Crippen molar-refractivity contribution in [2.24, 2.45) is 0 Å². The molecule has 4 aromatic rings. The largest absolute Gasteiger partial charge is 0.355 e. The summed E-state index contributed by atoms with van der Waals surface area (Å²) in [6.07, 6.45) is 2.35. The average Bonchev–Trinajstić information content (AvgIpc) is 3.46. The van der Waals surface area contributed by atoms with Gasteiger partial charge in [0.05, 0.1) is 6.54 Å². The van der Waals surface area contributed by atoms with E-state index in [1.807, 2.05) is 55.6 Å². The monoisotopic (exact) mass is 520 g/mol. The first-order valence-electron chi connectivity index (χ1n) is 11.9. The molecule has 0 saturated carbocycles. The summed E-state index contributed by atoms with van der Waals surface area (Å²) >= 11 is 1.42. The molecule has 0 atom stereocenters. The fraction of sp³-hybridized carbons (Fsp3) is 0.292. The summed E-state index contributed by atoms with van der Waals surface area (Å²) in [7, 11) is 0. The summed E-state index contributed by atoms with van der Waals surface area (Å²) < 4.78 is 1.78. The predicted octanol–water partition coefficient (Wildman–Crippen LogP) is 1.96. The molecular formula is C24H28N10O2S. The average molecular weight is 521 g/mol. The third kappa shape index (κ3) is 6.64. The number of rotatable bonds is 9. The van der Waals surface area contributed by atoms with Crippen molar-refractivity contribution in [1.82, 2.24) is 40.3 Å². The number of hydrogen-bond donors (Lipinski definition) is 5. The zero-order valence-corrected chi connectivity index (χ0v) is 21.1. The lowest BCUT2D eigenvalue weighted by Gasteiger charge is -2.19. The van der Waals surface area contributed by atoms with Gasteiger partial charge in [-0.2, -0.15) is 5.10 Å². The Morgan fingerprint density at radius 3 is 2.86 bits per heavy atom. The van der Waals surface area contributed by atoms with Crippen molar-refractivity contribution in [2.45, 2.75) is 23.4 Å². The Hall–Kier alpha value is -3.94. The highest BCUT2D eigenvalue weighted by atomic mass is 32.2. The fourth-order valence-electron chi connectivity index (χ4n) is 3.87. The molecule has 0 spiro atoms. The Bertz CT molecular complexity index is 1380. The minimum atomic E-state index is -0.130. The second kappa shape index (κ2) is 11.4. The van der Waals surface area contributed by atoms with Gasteiger partial charge < -0.3 is 16.0 Å². The van der Waals surface area contributed by atoms with Crippen LogP contribution in [0.1, 0.15) is 12.1 Å². The summed E-state index contributed by atoms with van der Waals surface area (Å²) in [5, 5.41) is 24.4. The van der Waals surface area contributed by atoms with Crippen LogP contribution >= 0.6 is 11.8 Å². The van der Waals surface area contributed by atoms with E-state index in [-0.39, 0.29) is 18.4 Å². The maximum Gasteiger partial charge on any atom is 0.238 e. The van der Waals surface area contributed by atoms with Gasteiger partial charge in [0.2, 0.25) is 17.0 Å². The van der Waals surface area contributed by atoms with E-state index in [9.17, 15) is 9.59 Å². The minimum absolute atomic E-state index is 0.0693. The number of anilines is 3. The molecule has 5 rings (SSSR count). The lowest BCUT2D eigenvalue weighted by atomic mass is 10.3. The number of nitrogens with one attached hydrogen (secondary N) is 5. The molecule has 0 bridgehead atoms. The smallest absolute Gasteiger partial charge is 0.238 e. The molecule has 4 heterocycles. The third-order valence-corrected chi connectivity index (χ3v) is 6.56. The third-order valence-electron chi connectivity index (χ3n) is 5.70. The molecule has 37 heavy (non-hydrogen) atoms. The van der Waals surface area contributed by atoms with Crippen LogP contribution in [0.25, 0.3) is 5.52 Å². The molecule has 0 unspecified atom stereocenters. The highest BCUT2D eigenvalue weighted by molar-refractivity contribution is 7.99. The van der Waals surface area contributed by atoms with Crippen LogP contribution in [0.15, 0.2) is 58.7 Å². The molecule has 12 nitrogen and oxygen atoms in total. The van der Waals surface area contributed by atoms with Gasteiger partial charge in [-0.05, 0) is 55.1 Å². The van der Waals surface area contributed by atoms with Crippen LogP contribution in [0.4, 0.5) is 17.3 Å². The van der Waals surface area contributed by atoms with Gasteiger partial charge in [0, 0.05) is 61.3 Å². The van der Waals surface area contributed by atoms with E-state index in [0.717, 1.165) is 22.7 Å². The van der Waals surface area contributed by atoms with E-state index in [1.165, 1.54) is 11.8 Å². The number of aromatic nitrogens is 5. The first-order chi connectivity index (χ1) is 18.0. The summed E-state index contributed by atoms with van der Waals surface area (Å²) in [5.74, 6) is 1.28. The second-order valence-electron chi connectivity index (χ2n) is 8.62. The van der Waals surface area contributed by atoms with Crippen molar-refractivity contribution in [3.05, 3.63) is 54.4 Å². The Labute approximate surface area is 217 Å². The van der Waals surface area contributed by atoms with Crippen LogP contribution in [-0.2, 0) is 9.59 Å². The molecule has 0 aliphatic carbocycles. The van der Waals surface area contributed by atoms with E-state index in [1.54, 1.807) is 4.52 Å². The number of H-pyrrole nitrogens is 1. The maximum atomic E-state index is 12.3.